The SMILES string of the molecule is CC1CC1C(=O)CC1(C)CCCC1. The Labute approximate surface area is 80.9 Å². The summed E-state index contributed by atoms with van der Waals surface area (Å²) in [4.78, 5) is 11.8. The lowest BCUT2D eigenvalue weighted by molar-refractivity contribution is -0.122. The van der Waals surface area contributed by atoms with Crippen molar-refractivity contribution < 1.29 is 4.79 Å². The molecule has 2 unspecified atom stereocenters. The number of carbonyl (C=O) groups is 1. The van der Waals surface area contributed by atoms with Crippen molar-refractivity contribution in [3.05, 3.63) is 0 Å². The monoisotopic (exact) mass is 180 g/mol. The zero-order chi connectivity index (χ0) is 9.47. The smallest absolute Gasteiger partial charge is 0.136 e. The predicted molar refractivity (Wildman–Crippen MR) is 53.5 cm³/mol. The molecule has 2 saturated carbocycles. The van der Waals surface area contributed by atoms with E-state index in [2.05, 4.69) is 13.8 Å². The van der Waals surface area contributed by atoms with E-state index in [-0.39, 0.29) is 0 Å². The van der Waals surface area contributed by atoms with Gasteiger partial charge in [-0.05, 0) is 30.6 Å². The van der Waals surface area contributed by atoms with E-state index in [1.807, 2.05) is 0 Å². The topological polar surface area (TPSA) is 17.1 Å². The van der Waals surface area contributed by atoms with E-state index in [9.17, 15) is 4.79 Å². The Morgan fingerprint density at radius 3 is 2.38 bits per heavy atom. The van der Waals surface area contributed by atoms with Crippen LogP contribution in [0, 0.1) is 17.3 Å². The molecule has 0 N–H and O–H groups in total. The van der Waals surface area contributed by atoms with Gasteiger partial charge in [-0.3, -0.25) is 4.79 Å². The van der Waals surface area contributed by atoms with Gasteiger partial charge in [0.05, 0.1) is 0 Å². The summed E-state index contributed by atoms with van der Waals surface area (Å²) >= 11 is 0. The molecule has 13 heavy (non-hydrogen) atoms. The van der Waals surface area contributed by atoms with Crippen LogP contribution in [0.2, 0.25) is 0 Å². The van der Waals surface area contributed by atoms with Gasteiger partial charge in [-0.15, -0.1) is 0 Å². The van der Waals surface area contributed by atoms with Crippen LogP contribution >= 0.6 is 0 Å². The molecule has 2 aliphatic rings. The molecule has 0 spiro atoms. The highest BCUT2D eigenvalue weighted by molar-refractivity contribution is 5.84. The van der Waals surface area contributed by atoms with Gasteiger partial charge in [0.15, 0.2) is 0 Å². The second kappa shape index (κ2) is 3.11. The van der Waals surface area contributed by atoms with Crippen LogP contribution in [0.25, 0.3) is 0 Å². The van der Waals surface area contributed by atoms with Crippen LogP contribution in [0.3, 0.4) is 0 Å². The molecule has 0 saturated heterocycles. The van der Waals surface area contributed by atoms with E-state index in [0.717, 1.165) is 12.8 Å². The number of ketones is 1. The number of Topliss-reactive ketones (excluding diaryl/α,β-unsaturated/α-hetero) is 1. The van der Waals surface area contributed by atoms with Crippen LogP contribution in [0.15, 0.2) is 0 Å². The molecule has 74 valence electrons. The average Bonchev–Trinajstić information content (AvgIpc) is 2.63. The zero-order valence-electron chi connectivity index (χ0n) is 8.81. The fourth-order valence-electron chi connectivity index (χ4n) is 2.73. The summed E-state index contributed by atoms with van der Waals surface area (Å²) in [5.41, 5.74) is 0.374. The van der Waals surface area contributed by atoms with E-state index in [1.54, 1.807) is 0 Å². The maximum atomic E-state index is 11.8. The van der Waals surface area contributed by atoms with E-state index in [1.165, 1.54) is 25.7 Å². The number of carbonyl (C=O) groups excluding carboxylic acids is 1. The molecule has 0 aromatic carbocycles. The van der Waals surface area contributed by atoms with E-state index < -0.39 is 0 Å². The summed E-state index contributed by atoms with van der Waals surface area (Å²) in [6, 6.07) is 0. The normalized spacial score (nSPS) is 36.2. The van der Waals surface area contributed by atoms with Crippen molar-refractivity contribution in [2.75, 3.05) is 0 Å². The van der Waals surface area contributed by atoms with Crippen LogP contribution in [-0.4, -0.2) is 5.78 Å². The Kier molecular flexibility index (Phi) is 2.21. The summed E-state index contributed by atoms with van der Waals surface area (Å²) in [5, 5.41) is 0. The second-order valence-corrected chi connectivity index (χ2v) is 5.48. The lowest BCUT2D eigenvalue weighted by atomic mass is 9.82. The number of hydrogen-bond donors (Lipinski definition) is 0. The summed E-state index contributed by atoms with van der Waals surface area (Å²) in [6.07, 6.45) is 7.25. The van der Waals surface area contributed by atoms with Crippen LogP contribution in [-0.2, 0) is 4.79 Å². The molecule has 1 nitrogen and oxygen atoms in total. The summed E-state index contributed by atoms with van der Waals surface area (Å²) < 4.78 is 0. The van der Waals surface area contributed by atoms with Crippen molar-refractivity contribution in [3.63, 3.8) is 0 Å². The lowest BCUT2D eigenvalue weighted by Crippen LogP contribution is -2.18. The highest BCUT2D eigenvalue weighted by Crippen LogP contribution is 2.45. The van der Waals surface area contributed by atoms with Crippen molar-refractivity contribution in [1.29, 1.82) is 0 Å². The number of rotatable bonds is 3. The molecular weight excluding hydrogens is 160 g/mol. The highest BCUT2D eigenvalue weighted by Gasteiger charge is 2.42. The average molecular weight is 180 g/mol. The lowest BCUT2D eigenvalue weighted by Gasteiger charge is -2.22. The Hall–Kier alpha value is -0.330. The largest absolute Gasteiger partial charge is 0.299 e. The Morgan fingerprint density at radius 2 is 1.92 bits per heavy atom. The molecule has 0 radical (unpaired) electrons. The van der Waals surface area contributed by atoms with Crippen molar-refractivity contribution in [3.8, 4) is 0 Å². The summed E-state index contributed by atoms with van der Waals surface area (Å²) in [6.45, 7) is 4.49. The molecule has 0 aromatic heterocycles. The molecule has 2 rings (SSSR count). The van der Waals surface area contributed by atoms with Gasteiger partial charge in [0.1, 0.15) is 5.78 Å². The third kappa shape index (κ3) is 1.95. The van der Waals surface area contributed by atoms with Gasteiger partial charge >= 0.3 is 0 Å². The third-order valence-electron chi connectivity index (χ3n) is 3.93. The van der Waals surface area contributed by atoms with Gasteiger partial charge in [0.2, 0.25) is 0 Å². The van der Waals surface area contributed by atoms with Gasteiger partial charge in [-0.2, -0.15) is 0 Å². The molecule has 0 aromatic rings. The standard InChI is InChI=1S/C12H20O/c1-9-7-10(9)11(13)8-12(2)5-3-4-6-12/h9-10H,3-8H2,1-2H3. The first-order valence-corrected chi connectivity index (χ1v) is 5.63. The Balaban J connectivity index is 1.86. The van der Waals surface area contributed by atoms with Gasteiger partial charge < -0.3 is 0 Å². The van der Waals surface area contributed by atoms with Crippen molar-refractivity contribution in [1.82, 2.24) is 0 Å². The molecule has 2 fully saturated rings. The highest BCUT2D eigenvalue weighted by atomic mass is 16.1. The van der Waals surface area contributed by atoms with Crippen LogP contribution in [0.1, 0.15) is 52.4 Å². The molecule has 0 heterocycles. The minimum absolute atomic E-state index is 0.374. The Morgan fingerprint density at radius 1 is 1.38 bits per heavy atom. The van der Waals surface area contributed by atoms with Gasteiger partial charge in [0.25, 0.3) is 0 Å². The second-order valence-electron chi connectivity index (χ2n) is 5.48. The molecule has 1 heteroatoms. The predicted octanol–water partition coefficient (Wildman–Crippen LogP) is 3.18. The minimum atomic E-state index is 0.374. The Bertz CT molecular complexity index is 213. The minimum Gasteiger partial charge on any atom is -0.299 e. The molecule has 2 atom stereocenters. The first-order valence-electron chi connectivity index (χ1n) is 5.63. The maximum Gasteiger partial charge on any atom is 0.136 e. The first kappa shape index (κ1) is 9.23. The van der Waals surface area contributed by atoms with Crippen LogP contribution in [0.4, 0.5) is 0 Å². The van der Waals surface area contributed by atoms with Crippen molar-refractivity contribution in [2.45, 2.75) is 52.4 Å². The van der Waals surface area contributed by atoms with Crippen LogP contribution in [0.5, 0.6) is 0 Å². The molecule has 0 bridgehead atoms. The van der Waals surface area contributed by atoms with E-state index in [0.29, 0.717) is 23.0 Å². The molecule has 0 aliphatic heterocycles. The summed E-state index contributed by atoms with van der Waals surface area (Å²) in [7, 11) is 0. The molecule has 0 amide bonds. The molecule has 2 aliphatic carbocycles. The maximum absolute atomic E-state index is 11.8. The summed E-state index contributed by atoms with van der Waals surface area (Å²) in [5.74, 6) is 1.69. The fourth-order valence-corrected chi connectivity index (χ4v) is 2.73. The fraction of sp³-hybridized carbons (Fsp3) is 0.917. The van der Waals surface area contributed by atoms with Gasteiger partial charge in [-0.25, -0.2) is 0 Å². The van der Waals surface area contributed by atoms with Gasteiger partial charge in [0, 0.05) is 12.3 Å². The van der Waals surface area contributed by atoms with E-state index >= 15 is 0 Å². The molecular formula is C12H20O. The number of hydrogen-bond acceptors (Lipinski definition) is 1. The van der Waals surface area contributed by atoms with Gasteiger partial charge in [-0.1, -0.05) is 26.7 Å². The van der Waals surface area contributed by atoms with E-state index in [4.69, 9.17) is 0 Å². The first-order chi connectivity index (χ1) is 6.11. The quantitative estimate of drug-likeness (QED) is 0.652. The third-order valence-corrected chi connectivity index (χ3v) is 3.93. The van der Waals surface area contributed by atoms with Crippen LogP contribution < -0.4 is 0 Å². The zero-order valence-corrected chi connectivity index (χ0v) is 8.81. The van der Waals surface area contributed by atoms with Crippen molar-refractivity contribution in [2.24, 2.45) is 17.3 Å². The van der Waals surface area contributed by atoms with Crippen molar-refractivity contribution >= 4 is 5.78 Å².